The molecule has 1 aromatic carbocycles. The predicted molar refractivity (Wildman–Crippen MR) is 128 cm³/mol. The van der Waals surface area contributed by atoms with E-state index in [1.807, 2.05) is 27.7 Å². The summed E-state index contributed by atoms with van der Waals surface area (Å²) in [6, 6.07) is 2.21. The summed E-state index contributed by atoms with van der Waals surface area (Å²) in [4.78, 5) is 49.6. The number of amides is 3. The molecule has 5 unspecified atom stereocenters. The highest BCUT2D eigenvalue weighted by Gasteiger charge is 2.29. The van der Waals surface area contributed by atoms with Gasteiger partial charge in [0.1, 0.15) is 23.9 Å². The van der Waals surface area contributed by atoms with Crippen molar-refractivity contribution in [3.63, 3.8) is 0 Å². The number of nitrogens with two attached hydrogens (primary N) is 1. The van der Waals surface area contributed by atoms with Crippen LogP contribution in [0, 0.1) is 11.8 Å². The summed E-state index contributed by atoms with van der Waals surface area (Å²) in [5.41, 5.74) is 6.68. The van der Waals surface area contributed by atoms with E-state index in [0.29, 0.717) is 12.0 Å². The molecule has 0 fully saturated rings. The normalized spacial score (nSPS) is 15.5. The van der Waals surface area contributed by atoms with Crippen molar-refractivity contribution >= 4 is 23.7 Å². The van der Waals surface area contributed by atoms with Crippen LogP contribution in [0.25, 0.3) is 0 Å². The Hall–Kier alpha value is -3.14. The van der Waals surface area contributed by atoms with Crippen molar-refractivity contribution in [3.8, 4) is 5.75 Å². The maximum absolute atomic E-state index is 13.0. The Morgan fingerprint density at radius 2 is 1.44 bits per heavy atom. The lowest BCUT2D eigenvalue weighted by Crippen LogP contribution is -2.57. The van der Waals surface area contributed by atoms with Gasteiger partial charge in [0.15, 0.2) is 0 Å². The minimum absolute atomic E-state index is 0.0471. The topological polar surface area (TPSA) is 171 Å². The first kappa shape index (κ1) is 28.9. The summed E-state index contributed by atoms with van der Waals surface area (Å²) in [6.07, 6.45) is 1.03. The Kier molecular flexibility index (Phi) is 11.5. The van der Waals surface area contributed by atoms with Crippen LogP contribution in [0.3, 0.4) is 0 Å². The molecule has 10 nitrogen and oxygen atoms in total. The molecule has 10 heteroatoms. The molecular weight excluding hydrogens is 440 g/mol. The Morgan fingerprint density at radius 1 is 0.882 bits per heavy atom. The zero-order chi connectivity index (χ0) is 26.0. The van der Waals surface area contributed by atoms with Gasteiger partial charge in [-0.05, 0) is 42.9 Å². The smallest absolute Gasteiger partial charge is 0.326 e. The van der Waals surface area contributed by atoms with Crippen molar-refractivity contribution in [2.45, 2.75) is 78.0 Å². The monoisotopic (exact) mass is 478 g/mol. The average Bonchev–Trinajstić information content (AvgIpc) is 2.77. The molecule has 0 spiro atoms. The fraction of sp³-hybridized carbons (Fsp3) is 0.583. The number of carboxylic acids is 1. The third kappa shape index (κ3) is 9.38. The van der Waals surface area contributed by atoms with Crippen LogP contribution in [0.5, 0.6) is 5.75 Å². The van der Waals surface area contributed by atoms with E-state index in [1.165, 1.54) is 19.1 Å². The summed E-state index contributed by atoms with van der Waals surface area (Å²) in [7, 11) is 0. The van der Waals surface area contributed by atoms with Gasteiger partial charge in [-0.15, -0.1) is 0 Å². The lowest BCUT2D eigenvalue weighted by molar-refractivity contribution is -0.142. The molecule has 34 heavy (non-hydrogen) atoms. The van der Waals surface area contributed by atoms with Crippen molar-refractivity contribution in [1.29, 1.82) is 0 Å². The number of aliphatic carboxylic acids is 1. The second-order valence-corrected chi connectivity index (χ2v) is 9.10. The van der Waals surface area contributed by atoms with E-state index in [9.17, 15) is 29.4 Å². The zero-order valence-corrected chi connectivity index (χ0v) is 20.5. The van der Waals surface area contributed by atoms with Gasteiger partial charge in [-0.25, -0.2) is 4.79 Å². The van der Waals surface area contributed by atoms with Crippen LogP contribution < -0.4 is 21.7 Å². The lowest BCUT2D eigenvalue weighted by atomic mass is 9.98. The van der Waals surface area contributed by atoms with Crippen LogP contribution in [0.1, 0.15) is 53.0 Å². The predicted octanol–water partition coefficient (Wildman–Crippen LogP) is 0.913. The standard InChI is InChI=1S/C24H38N4O6/c1-6-14(4)20(25)23(32)27-18(12-16-7-9-17(29)10-8-16)22(31)26-15(5)21(30)28-19(24(33)34)11-13(2)3/h7-10,13-15,18-20,29H,6,11-12,25H2,1-5H3,(H,26,31)(H,27,32)(H,28,30)(H,33,34). The van der Waals surface area contributed by atoms with Gasteiger partial charge in [0.25, 0.3) is 0 Å². The Balaban J connectivity index is 2.96. The van der Waals surface area contributed by atoms with E-state index in [-0.39, 0.29) is 30.4 Å². The third-order valence-corrected chi connectivity index (χ3v) is 5.64. The van der Waals surface area contributed by atoms with Gasteiger partial charge in [-0.1, -0.05) is 46.2 Å². The van der Waals surface area contributed by atoms with E-state index in [2.05, 4.69) is 16.0 Å². The van der Waals surface area contributed by atoms with Gasteiger partial charge in [-0.3, -0.25) is 14.4 Å². The van der Waals surface area contributed by atoms with Crippen LogP contribution in [0.4, 0.5) is 0 Å². The number of carbonyl (C=O) groups excluding carboxylic acids is 3. The largest absolute Gasteiger partial charge is 0.508 e. The van der Waals surface area contributed by atoms with Crippen molar-refractivity contribution < 1.29 is 29.4 Å². The summed E-state index contributed by atoms with van der Waals surface area (Å²) >= 11 is 0. The number of benzene rings is 1. The maximum atomic E-state index is 13.0. The van der Waals surface area contributed by atoms with Gasteiger partial charge in [0, 0.05) is 6.42 Å². The number of aromatic hydroxyl groups is 1. The first-order valence-corrected chi connectivity index (χ1v) is 11.5. The van der Waals surface area contributed by atoms with Gasteiger partial charge in [0.2, 0.25) is 17.7 Å². The summed E-state index contributed by atoms with van der Waals surface area (Å²) in [5.74, 6) is -2.90. The molecule has 0 radical (unpaired) electrons. The van der Waals surface area contributed by atoms with E-state index in [0.717, 1.165) is 0 Å². The number of rotatable bonds is 13. The number of phenolic OH excluding ortho intramolecular Hbond substituents is 1. The highest BCUT2D eigenvalue weighted by atomic mass is 16.4. The third-order valence-electron chi connectivity index (χ3n) is 5.64. The molecule has 0 saturated heterocycles. The van der Waals surface area contributed by atoms with Gasteiger partial charge in [0.05, 0.1) is 6.04 Å². The molecule has 0 aromatic heterocycles. The molecule has 1 rings (SSSR count). The first-order chi connectivity index (χ1) is 15.8. The van der Waals surface area contributed by atoms with E-state index < -0.39 is 47.9 Å². The van der Waals surface area contributed by atoms with Crippen molar-refractivity contribution in [2.24, 2.45) is 17.6 Å². The number of hydrogen-bond acceptors (Lipinski definition) is 6. The fourth-order valence-corrected chi connectivity index (χ4v) is 3.23. The number of carboxylic acid groups (broad SMARTS) is 1. The molecular formula is C24H38N4O6. The van der Waals surface area contributed by atoms with Crippen molar-refractivity contribution in [3.05, 3.63) is 29.8 Å². The maximum Gasteiger partial charge on any atom is 0.326 e. The lowest BCUT2D eigenvalue weighted by Gasteiger charge is -2.25. The first-order valence-electron chi connectivity index (χ1n) is 11.5. The van der Waals surface area contributed by atoms with Crippen LogP contribution in [0.2, 0.25) is 0 Å². The number of nitrogens with one attached hydrogen (secondary N) is 3. The molecule has 1 aromatic rings. The average molecular weight is 479 g/mol. The second-order valence-electron chi connectivity index (χ2n) is 9.10. The van der Waals surface area contributed by atoms with Crippen molar-refractivity contribution in [1.82, 2.24) is 16.0 Å². The molecule has 0 saturated carbocycles. The molecule has 7 N–H and O–H groups in total. The molecule has 0 aliphatic carbocycles. The minimum atomic E-state index is -1.16. The quantitative estimate of drug-likeness (QED) is 0.245. The Labute approximate surface area is 200 Å². The highest BCUT2D eigenvalue weighted by Crippen LogP contribution is 2.13. The number of carbonyl (C=O) groups is 4. The zero-order valence-electron chi connectivity index (χ0n) is 20.5. The fourth-order valence-electron chi connectivity index (χ4n) is 3.23. The van der Waals surface area contributed by atoms with Crippen LogP contribution in [-0.4, -0.2) is 58.1 Å². The number of phenols is 1. The van der Waals surface area contributed by atoms with Gasteiger partial charge < -0.3 is 31.9 Å². The highest BCUT2D eigenvalue weighted by molar-refractivity contribution is 5.94. The SMILES string of the molecule is CCC(C)C(N)C(=O)NC(Cc1ccc(O)cc1)C(=O)NC(C)C(=O)NC(CC(C)C)C(=O)O. The molecule has 0 bridgehead atoms. The van der Waals surface area contributed by atoms with Gasteiger partial charge in [-0.2, -0.15) is 0 Å². The molecule has 5 atom stereocenters. The van der Waals surface area contributed by atoms with Crippen LogP contribution in [0.15, 0.2) is 24.3 Å². The Morgan fingerprint density at radius 3 is 1.94 bits per heavy atom. The molecule has 0 aliphatic rings. The van der Waals surface area contributed by atoms with Crippen molar-refractivity contribution in [2.75, 3.05) is 0 Å². The van der Waals surface area contributed by atoms with E-state index in [1.54, 1.807) is 12.1 Å². The molecule has 3 amide bonds. The van der Waals surface area contributed by atoms with Crippen LogP contribution in [-0.2, 0) is 25.6 Å². The van der Waals surface area contributed by atoms with Crippen LogP contribution >= 0.6 is 0 Å². The summed E-state index contributed by atoms with van der Waals surface area (Å²) < 4.78 is 0. The summed E-state index contributed by atoms with van der Waals surface area (Å²) in [5, 5.41) is 26.5. The molecule has 0 aliphatic heterocycles. The Bertz CT molecular complexity index is 842. The molecule has 0 heterocycles. The summed E-state index contributed by atoms with van der Waals surface area (Å²) in [6.45, 7) is 8.86. The second kappa shape index (κ2) is 13.5. The van der Waals surface area contributed by atoms with E-state index >= 15 is 0 Å². The number of hydrogen-bond donors (Lipinski definition) is 6. The van der Waals surface area contributed by atoms with E-state index in [4.69, 9.17) is 5.73 Å². The molecule has 190 valence electrons. The minimum Gasteiger partial charge on any atom is -0.508 e. The van der Waals surface area contributed by atoms with Gasteiger partial charge >= 0.3 is 5.97 Å².